The Kier molecular flexibility index (Phi) is 8.94. The SMILES string of the molecule is BrCc1cccc(Br)n1.CSCc1cccc(Br)n1. The molecule has 0 aliphatic rings. The molecule has 0 amide bonds. The van der Waals surface area contributed by atoms with Gasteiger partial charge < -0.3 is 0 Å². The van der Waals surface area contributed by atoms with Crippen LogP contribution in [0.4, 0.5) is 0 Å². The molecule has 2 aromatic rings. The molecule has 6 heteroatoms. The molecule has 19 heavy (non-hydrogen) atoms. The Morgan fingerprint density at radius 3 is 1.89 bits per heavy atom. The van der Waals surface area contributed by atoms with Gasteiger partial charge in [0.15, 0.2) is 0 Å². The van der Waals surface area contributed by atoms with Crippen molar-refractivity contribution in [1.29, 1.82) is 0 Å². The van der Waals surface area contributed by atoms with Crippen molar-refractivity contribution in [2.24, 2.45) is 0 Å². The zero-order valence-corrected chi connectivity index (χ0v) is 15.9. The molecule has 0 fully saturated rings. The van der Waals surface area contributed by atoms with Crippen molar-refractivity contribution in [1.82, 2.24) is 9.97 Å². The Labute approximate surface area is 143 Å². The van der Waals surface area contributed by atoms with E-state index < -0.39 is 0 Å². The van der Waals surface area contributed by atoms with Gasteiger partial charge in [-0.1, -0.05) is 28.1 Å². The van der Waals surface area contributed by atoms with E-state index in [-0.39, 0.29) is 0 Å². The molecule has 0 saturated heterocycles. The van der Waals surface area contributed by atoms with Crippen molar-refractivity contribution >= 4 is 59.6 Å². The minimum absolute atomic E-state index is 0.812. The predicted octanol–water partition coefficient (Wildman–Crippen LogP) is 5.45. The molecule has 0 saturated carbocycles. The third-order valence-corrected chi connectivity index (χ3v) is 4.02. The highest BCUT2D eigenvalue weighted by atomic mass is 79.9. The highest BCUT2D eigenvalue weighted by Crippen LogP contribution is 2.10. The molecule has 102 valence electrons. The van der Waals surface area contributed by atoms with Gasteiger partial charge in [-0.2, -0.15) is 11.8 Å². The van der Waals surface area contributed by atoms with Gasteiger partial charge in [-0.3, -0.25) is 0 Å². The van der Waals surface area contributed by atoms with Crippen LogP contribution in [0.3, 0.4) is 0 Å². The standard InChI is InChI=1S/C7H8BrNS.C6H5Br2N/c1-10-5-6-3-2-4-7(8)9-6;7-4-5-2-1-3-6(8)9-5/h2-4H,5H2,1H3;1-3H,4H2. The maximum Gasteiger partial charge on any atom is 0.106 e. The van der Waals surface area contributed by atoms with E-state index in [0.29, 0.717) is 0 Å². The van der Waals surface area contributed by atoms with Crippen LogP contribution >= 0.6 is 59.6 Å². The van der Waals surface area contributed by atoms with E-state index in [1.54, 1.807) is 11.8 Å². The Morgan fingerprint density at radius 1 is 0.947 bits per heavy atom. The van der Waals surface area contributed by atoms with Crippen molar-refractivity contribution in [3.8, 4) is 0 Å². The molecular weight excluding hydrogens is 456 g/mol. The monoisotopic (exact) mass is 466 g/mol. The number of alkyl halides is 1. The van der Waals surface area contributed by atoms with Crippen molar-refractivity contribution in [3.05, 3.63) is 57.0 Å². The highest BCUT2D eigenvalue weighted by Gasteiger charge is 1.92. The fraction of sp³-hybridized carbons (Fsp3) is 0.231. The summed E-state index contributed by atoms with van der Waals surface area (Å²) in [5.41, 5.74) is 2.17. The zero-order chi connectivity index (χ0) is 14.1. The average molecular weight is 469 g/mol. The quantitative estimate of drug-likeness (QED) is 0.442. The summed E-state index contributed by atoms with van der Waals surface area (Å²) in [6.07, 6.45) is 2.07. The molecule has 0 radical (unpaired) electrons. The maximum absolute atomic E-state index is 4.26. The van der Waals surface area contributed by atoms with Gasteiger partial charge in [0.1, 0.15) is 9.21 Å². The average Bonchev–Trinajstić information content (AvgIpc) is 2.40. The van der Waals surface area contributed by atoms with Gasteiger partial charge in [0.2, 0.25) is 0 Å². The topological polar surface area (TPSA) is 25.8 Å². The molecule has 0 aliphatic carbocycles. The third-order valence-electron chi connectivity index (χ3n) is 1.97. The Bertz CT molecular complexity index is 509. The van der Waals surface area contributed by atoms with Crippen molar-refractivity contribution in [2.45, 2.75) is 11.1 Å². The van der Waals surface area contributed by atoms with E-state index >= 15 is 0 Å². The summed E-state index contributed by atoms with van der Waals surface area (Å²) in [6, 6.07) is 11.8. The Hall–Kier alpha value is 0.0900. The van der Waals surface area contributed by atoms with E-state index in [0.717, 1.165) is 31.7 Å². The van der Waals surface area contributed by atoms with Crippen LogP contribution in [0.1, 0.15) is 11.4 Å². The number of rotatable bonds is 3. The lowest BCUT2D eigenvalue weighted by Crippen LogP contribution is -1.84. The summed E-state index contributed by atoms with van der Waals surface area (Å²) in [4.78, 5) is 8.42. The van der Waals surface area contributed by atoms with Crippen LogP contribution in [-0.4, -0.2) is 16.2 Å². The first-order chi connectivity index (χ1) is 9.15. The van der Waals surface area contributed by atoms with E-state index in [4.69, 9.17) is 0 Å². The predicted molar refractivity (Wildman–Crippen MR) is 93.7 cm³/mol. The van der Waals surface area contributed by atoms with E-state index in [2.05, 4.69) is 64.0 Å². The van der Waals surface area contributed by atoms with Gasteiger partial charge in [0, 0.05) is 11.1 Å². The van der Waals surface area contributed by atoms with Gasteiger partial charge in [-0.15, -0.1) is 0 Å². The number of aromatic nitrogens is 2. The minimum Gasteiger partial charge on any atom is -0.245 e. The number of pyridine rings is 2. The van der Waals surface area contributed by atoms with Crippen LogP contribution in [0.2, 0.25) is 0 Å². The third kappa shape index (κ3) is 7.44. The first-order valence-electron chi connectivity index (χ1n) is 5.43. The molecule has 0 spiro atoms. The van der Waals surface area contributed by atoms with Crippen molar-refractivity contribution in [2.75, 3.05) is 6.26 Å². The highest BCUT2D eigenvalue weighted by molar-refractivity contribution is 9.10. The Morgan fingerprint density at radius 2 is 1.47 bits per heavy atom. The van der Waals surface area contributed by atoms with Crippen LogP contribution < -0.4 is 0 Å². The van der Waals surface area contributed by atoms with Crippen LogP contribution in [0.25, 0.3) is 0 Å². The molecular formula is C13H13Br3N2S. The number of halogens is 3. The first-order valence-corrected chi connectivity index (χ1v) is 9.53. The summed E-state index contributed by atoms with van der Waals surface area (Å²) in [6.45, 7) is 0. The second-order valence-corrected chi connectivity index (χ2v) is 6.52. The molecule has 0 N–H and O–H groups in total. The van der Waals surface area contributed by atoms with Gasteiger partial charge in [-0.25, -0.2) is 9.97 Å². The second-order valence-electron chi connectivity index (χ2n) is 3.47. The van der Waals surface area contributed by atoms with E-state index in [9.17, 15) is 0 Å². The smallest absolute Gasteiger partial charge is 0.106 e. The van der Waals surface area contributed by atoms with E-state index in [1.807, 2.05) is 36.4 Å². The summed E-state index contributed by atoms with van der Waals surface area (Å²) in [7, 11) is 0. The number of hydrogen-bond donors (Lipinski definition) is 0. The number of nitrogens with zero attached hydrogens (tertiary/aromatic N) is 2. The van der Waals surface area contributed by atoms with Gasteiger partial charge >= 0.3 is 0 Å². The lowest BCUT2D eigenvalue weighted by Gasteiger charge is -1.95. The molecule has 0 aliphatic heterocycles. The van der Waals surface area contributed by atoms with Crippen LogP contribution in [0.5, 0.6) is 0 Å². The van der Waals surface area contributed by atoms with E-state index in [1.165, 1.54) is 0 Å². The zero-order valence-electron chi connectivity index (χ0n) is 10.3. The molecule has 2 rings (SSSR count). The summed E-state index contributed by atoms with van der Waals surface area (Å²) < 4.78 is 1.80. The summed E-state index contributed by atoms with van der Waals surface area (Å²) in [5, 5.41) is 0.812. The summed E-state index contributed by atoms with van der Waals surface area (Å²) in [5.74, 6) is 0.986. The fourth-order valence-corrected chi connectivity index (χ4v) is 2.73. The molecule has 0 aromatic carbocycles. The lowest BCUT2D eigenvalue weighted by atomic mass is 10.4. The van der Waals surface area contributed by atoms with Crippen molar-refractivity contribution in [3.63, 3.8) is 0 Å². The van der Waals surface area contributed by atoms with Crippen LogP contribution in [0.15, 0.2) is 45.6 Å². The first kappa shape index (κ1) is 17.1. The fourth-order valence-electron chi connectivity index (χ4n) is 1.20. The summed E-state index contributed by atoms with van der Waals surface area (Å²) >= 11 is 11.7. The van der Waals surface area contributed by atoms with Crippen LogP contribution in [0, 0.1) is 0 Å². The molecule has 0 atom stereocenters. The Balaban J connectivity index is 0.000000191. The second kappa shape index (κ2) is 9.91. The molecule has 2 aromatic heterocycles. The molecule has 0 unspecified atom stereocenters. The number of hydrogen-bond acceptors (Lipinski definition) is 3. The molecule has 0 bridgehead atoms. The normalized spacial score (nSPS) is 9.68. The van der Waals surface area contributed by atoms with Crippen LogP contribution in [-0.2, 0) is 11.1 Å². The van der Waals surface area contributed by atoms with Crippen molar-refractivity contribution < 1.29 is 0 Å². The van der Waals surface area contributed by atoms with Gasteiger partial charge in [-0.05, 0) is 62.4 Å². The molecule has 2 heterocycles. The largest absolute Gasteiger partial charge is 0.245 e. The molecule has 2 nitrogen and oxygen atoms in total. The van der Waals surface area contributed by atoms with Gasteiger partial charge in [0.05, 0.1) is 11.4 Å². The maximum atomic E-state index is 4.26. The minimum atomic E-state index is 0.812. The lowest BCUT2D eigenvalue weighted by molar-refractivity contribution is 1.15. The number of thioether (sulfide) groups is 1. The van der Waals surface area contributed by atoms with Gasteiger partial charge in [0.25, 0.3) is 0 Å².